The second-order valence-electron chi connectivity index (χ2n) is 7.38. The molecule has 0 bridgehead atoms. The predicted molar refractivity (Wildman–Crippen MR) is 93.3 cm³/mol. The topological polar surface area (TPSA) is 50.8 Å². The highest BCUT2D eigenvalue weighted by atomic mass is 16.6. The molecule has 1 unspecified atom stereocenters. The number of piperidine rings is 1. The number of benzene rings is 1. The Morgan fingerprint density at radius 2 is 2.12 bits per heavy atom. The van der Waals surface area contributed by atoms with E-state index in [-0.39, 0.29) is 18.4 Å². The van der Waals surface area contributed by atoms with Gasteiger partial charge in [0.1, 0.15) is 5.60 Å². The standard InChI is InChI=1S/C19H26N2O3/c1-19(2,3)24-18(22)21-11-6-8-15(13-21)20-17-16-9-5-4-7-14(16)10-12-23-17/h4-5,7,9-10,12,15,17,20H,6,8,11,13H2,1-3H3/t15-,17?/m1/s1. The molecule has 5 nitrogen and oxygen atoms in total. The van der Waals surface area contributed by atoms with Gasteiger partial charge in [0, 0.05) is 24.7 Å². The van der Waals surface area contributed by atoms with Gasteiger partial charge in [0.15, 0.2) is 6.23 Å². The highest BCUT2D eigenvalue weighted by molar-refractivity contribution is 5.68. The molecule has 1 amide bonds. The summed E-state index contributed by atoms with van der Waals surface area (Å²) >= 11 is 0. The number of likely N-dealkylation sites (tertiary alicyclic amines) is 1. The van der Waals surface area contributed by atoms with E-state index in [0.717, 1.165) is 24.9 Å². The number of nitrogens with one attached hydrogen (secondary N) is 1. The smallest absolute Gasteiger partial charge is 0.410 e. The van der Waals surface area contributed by atoms with Crippen LogP contribution in [-0.4, -0.2) is 35.7 Å². The Morgan fingerprint density at radius 1 is 1.33 bits per heavy atom. The summed E-state index contributed by atoms with van der Waals surface area (Å²) in [5, 5.41) is 3.54. The summed E-state index contributed by atoms with van der Waals surface area (Å²) in [7, 11) is 0. The minimum Gasteiger partial charge on any atom is -0.479 e. The Balaban J connectivity index is 1.62. The first-order chi connectivity index (χ1) is 11.4. The van der Waals surface area contributed by atoms with E-state index in [0.29, 0.717) is 6.54 Å². The number of carbonyl (C=O) groups is 1. The molecule has 1 fully saturated rings. The molecule has 1 saturated heterocycles. The van der Waals surface area contributed by atoms with E-state index in [2.05, 4.69) is 17.4 Å². The zero-order valence-corrected chi connectivity index (χ0v) is 14.6. The molecule has 2 aliphatic heterocycles. The largest absolute Gasteiger partial charge is 0.479 e. The van der Waals surface area contributed by atoms with Crippen molar-refractivity contribution in [2.24, 2.45) is 0 Å². The third-order valence-electron chi connectivity index (χ3n) is 4.20. The van der Waals surface area contributed by atoms with Crippen LogP contribution < -0.4 is 5.32 Å². The number of hydrogen-bond donors (Lipinski definition) is 1. The minimum atomic E-state index is -0.465. The maximum Gasteiger partial charge on any atom is 0.410 e. The van der Waals surface area contributed by atoms with Crippen molar-refractivity contribution in [1.82, 2.24) is 10.2 Å². The SMILES string of the molecule is CC(C)(C)OC(=O)N1CCC[C@@H](NC2OC=Cc3ccccc32)C1. The van der Waals surface area contributed by atoms with E-state index in [1.54, 1.807) is 11.2 Å². The fraction of sp³-hybridized carbons (Fsp3) is 0.526. The van der Waals surface area contributed by atoms with E-state index in [1.165, 1.54) is 5.56 Å². The van der Waals surface area contributed by atoms with Gasteiger partial charge in [-0.1, -0.05) is 24.3 Å². The van der Waals surface area contributed by atoms with Gasteiger partial charge in [0.25, 0.3) is 0 Å². The van der Waals surface area contributed by atoms with Crippen LogP contribution in [0.5, 0.6) is 0 Å². The summed E-state index contributed by atoms with van der Waals surface area (Å²) in [6, 6.07) is 8.39. The van der Waals surface area contributed by atoms with Gasteiger partial charge in [-0.15, -0.1) is 0 Å². The third-order valence-corrected chi connectivity index (χ3v) is 4.20. The fourth-order valence-electron chi connectivity index (χ4n) is 3.11. The molecule has 0 aliphatic carbocycles. The van der Waals surface area contributed by atoms with Crippen molar-refractivity contribution in [1.29, 1.82) is 0 Å². The van der Waals surface area contributed by atoms with Crippen molar-refractivity contribution in [3.05, 3.63) is 41.7 Å². The average Bonchev–Trinajstić information content (AvgIpc) is 2.54. The van der Waals surface area contributed by atoms with Gasteiger partial charge in [-0.25, -0.2) is 4.79 Å². The second-order valence-corrected chi connectivity index (χ2v) is 7.38. The molecule has 2 aliphatic rings. The molecule has 0 saturated carbocycles. The normalized spacial score (nSPS) is 23.4. The minimum absolute atomic E-state index is 0.171. The van der Waals surface area contributed by atoms with Gasteiger partial charge in [-0.2, -0.15) is 0 Å². The van der Waals surface area contributed by atoms with Gasteiger partial charge < -0.3 is 14.4 Å². The molecule has 3 rings (SSSR count). The molecule has 24 heavy (non-hydrogen) atoms. The molecule has 2 atom stereocenters. The predicted octanol–water partition coefficient (Wildman–Crippen LogP) is 3.68. The lowest BCUT2D eigenvalue weighted by atomic mass is 10.0. The molecule has 1 N–H and O–H groups in total. The summed E-state index contributed by atoms with van der Waals surface area (Å²) in [6.45, 7) is 7.06. The molecule has 0 aromatic heterocycles. The lowest BCUT2D eigenvalue weighted by molar-refractivity contribution is 0.0139. The Morgan fingerprint density at radius 3 is 2.92 bits per heavy atom. The Labute approximate surface area is 143 Å². The second kappa shape index (κ2) is 6.85. The van der Waals surface area contributed by atoms with Crippen molar-refractivity contribution in [2.75, 3.05) is 13.1 Å². The van der Waals surface area contributed by atoms with E-state index in [4.69, 9.17) is 9.47 Å². The maximum absolute atomic E-state index is 12.3. The highest BCUT2D eigenvalue weighted by Gasteiger charge is 2.30. The van der Waals surface area contributed by atoms with Crippen LogP contribution in [0, 0.1) is 0 Å². The number of nitrogens with zero attached hydrogens (tertiary/aromatic N) is 1. The zero-order chi connectivity index (χ0) is 17.2. The summed E-state index contributed by atoms with van der Waals surface area (Å²) in [5.74, 6) is 0. The van der Waals surface area contributed by atoms with Crippen molar-refractivity contribution < 1.29 is 14.3 Å². The van der Waals surface area contributed by atoms with E-state index in [9.17, 15) is 4.79 Å². The van der Waals surface area contributed by atoms with E-state index in [1.807, 2.05) is 39.0 Å². The first-order valence-electron chi connectivity index (χ1n) is 8.57. The van der Waals surface area contributed by atoms with Crippen molar-refractivity contribution in [3.8, 4) is 0 Å². The molecule has 1 aromatic carbocycles. The van der Waals surface area contributed by atoms with Crippen LogP contribution in [0.3, 0.4) is 0 Å². The van der Waals surface area contributed by atoms with Gasteiger partial charge in [0.05, 0.1) is 6.26 Å². The monoisotopic (exact) mass is 330 g/mol. The molecular formula is C19H26N2O3. The first-order valence-corrected chi connectivity index (χ1v) is 8.57. The summed E-state index contributed by atoms with van der Waals surface area (Å²) in [4.78, 5) is 14.1. The van der Waals surface area contributed by atoms with Crippen molar-refractivity contribution in [3.63, 3.8) is 0 Å². The van der Waals surface area contributed by atoms with Crippen LogP contribution in [-0.2, 0) is 9.47 Å². The molecular weight excluding hydrogens is 304 g/mol. The van der Waals surface area contributed by atoms with Crippen LogP contribution in [0.25, 0.3) is 6.08 Å². The molecule has 130 valence electrons. The molecule has 1 aromatic rings. The number of hydrogen-bond acceptors (Lipinski definition) is 4. The van der Waals surface area contributed by atoms with Crippen LogP contribution in [0.4, 0.5) is 4.79 Å². The summed E-state index contributed by atoms with van der Waals surface area (Å²) < 4.78 is 11.2. The van der Waals surface area contributed by atoms with Gasteiger partial charge in [-0.3, -0.25) is 5.32 Å². The van der Waals surface area contributed by atoms with Crippen LogP contribution in [0.2, 0.25) is 0 Å². The Kier molecular flexibility index (Phi) is 4.81. The molecule has 2 heterocycles. The first kappa shape index (κ1) is 16.8. The molecule has 0 spiro atoms. The molecule has 5 heteroatoms. The van der Waals surface area contributed by atoms with Crippen LogP contribution in [0.15, 0.2) is 30.5 Å². The van der Waals surface area contributed by atoms with Crippen molar-refractivity contribution in [2.45, 2.75) is 51.5 Å². The van der Waals surface area contributed by atoms with E-state index >= 15 is 0 Å². The van der Waals surface area contributed by atoms with Gasteiger partial charge in [-0.05, 0) is 45.3 Å². The lowest BCUT2D eigenvalue weighted by Gasteiger charge is -2.36. The number of fused-ring (bicyclic) bond motifs is 1. The number of rotatable bonds is 2. The fourth-order valence-corrected chi connectivity index (χ4v) is 3.11. The van der Waals surface area contributed by atoms with Crippen molar-refractivity contribution >= 4 is 12.2 Å². The average molecular weight is 330 g/mol. The number of amides is 1. The van der Waals surface area contributed by atoms with Gasteiger partial charge in [0.2, 0.25) is 0 Å². The summed E-state index contributed by atoms with van der Waals surface area (Å²) in [5.41, 5.74) is 1.84. The maximum atomic E-state index is 12.3. The highest BCUT2D eigenvalue weighted by Crippen LogP contribution is 2.27. The molecule has 0 radical (unpaired) electrons. The van der Waals surface area contributed by atoms with E-state index < -0.39 is 5.60 Å². The quantitative estimate of drug-likeness (QED) is 0.899. The van der Waals surface area contributed by atoms with Crippen LogP contribution in [0.1, 0.15) is 51.0 Å². The number of carbonyl (C=O) groups excluding carboxylic acids is 1. The zero-order valence-electron chi connectivity index (χ0n) is 14.6. The van der Waals surface area contributed by atoms with Crippen LogP contribution >= 0.6 is 0 Å². The Hall–Kier alpha value is -2.01. The summed E-state index contributed by atoms with van der Waals surface area (Å²) in [6.07, 6.45) is 5.27. The number of ether oxygens (including phenoxy) is 2. The third kappa shape index (κ3) is 4.09. The van der Waals surface area contributed by atoms with Gasteiger partial charge >= 0.3 is 6.09 Å². The Bertz CT molecular complexity index is 621. The lowest BCUT2D eigenvalue weighted by Crippen LogP contribution is -2.50.